The Balaban J connectivity index is 2.91. The van der Waals surface area contributed by atoms with Gasteiger partial charge in [-0.3, -0.25) is 0 Å². The molecular formula is C9H13FN2O2S. The lowest BCUT2D eigenvalue weighted by molar-refractivity contribution is 0.562. The summed E-state index contributed by atoms with van der Waals surface area (Å²) in [6, 6.07) is 4.27. The maximum Gasteiger partial charge on any atom is 0.240 e. The molecule has 15 heavy (non-hydrogen) atoms. The van der Waals surface area contributed by atoms with Crippen LogP contribution in [0.15, 0.2) is 29.2 Å². The molecule has 1 atom stereocenters. The molecule has 1 aromatic carbocycles. The average molecular weight is 232 g/mol. The predicted octanol–water partition coefficient (Wildman–Crippen LogP) is 0.451. The van der Waals surface area contributed by atoms with E-state index in [-0.39, 0.29) is 17.5 Å². The van der Waals surface area contributed by atoms with Crippen molar-refractivity contribution in [2.24, 2.45) is 5.73 Å². The van der Waals surface area contributed by atoms with Gasteiger partial charge in [0.15, 0.2) is 0 Å². The van der Waals surface area contributed by atoms with Crippen LogP contribution in [-0.2, 0) is 10.0 Å². The Morgan fingerprint density at radius 2 is 1.93 bits per heavy atom. The van der Waals surface area contributed by atoms with Gasteiger partial charge in [0.05, 0.1) is 4.90 Å². The number of nitrogens with one attached hydrogen (secondary N) is 1. The Morgan fingerprint density at radius 3 is 2.40 bits per heavy atom. The van der Waals surface area contributed by atoms with Crippen LogP contribution in [-0.4, -0.2) is 21.0 Å². The number of nitrogens with two attached hydrogens (primary N) is 1. The van der Waals surface area contributed by atoms with Gasteiger partial charge in [-0.15, -0.1) is 0 Å². The molecule has 0 aliphatic heterocycles. The smallest absolute Gasteiger partial charge is 0.240 e. The maximum atomic E-state index is 12.6. The van der Waals surface area contributed by atoms with E-state index in [1.165, 1.54) is 12.1 Å². The van der Waals surface area contributed by atoms with Crippen molar-refractivity contribution in [2.75, 3.05) is 6.54 Å². The van der Waals surface area contributed by atoms with E-state index < -0.39 is 15.8 Å². The molecule has 3 N–H and O–H groups in total. The normalized spacial score (nSPS) is 13.8. The summed E-state index contributed by atoms with van der Waals surface area (Å²) < 4.78 is 38.2. The third kappa shape index (κ3) is 3.26. The van der Waals surface area contributed by atoms with Crippen LogP contribution in [0.25, 0.3) is 0 Å². The first-order chi connectivity index (χ1) is 6.95. The molecular weight excluding hydrogens is 219 g/mol. The molecule has 0 saturated heterocycles. The minimum absolute atomic E-state index is 0.0317. The summed E-state index contributed by atoms with van der Waals surface area (Å²) in [6.07, 6.45) is 0. The molecule has 1 rings (SSSR count). The van der Waals surface area contributed by atoms with Crippen molar-refractivity contribution in [3.8, 4) is 0 Å². The highest BCUT2D eigenvalue weighted by molar-refractivity contribution is 7.89. The third-order valence-corrected chi connectivity index (χ3v) is 3.44. The zero-order valence-corrected chi connectivity index (χ0v) is 9.09. The van der Waals surface area contributed by atoms with E-state index in [2.05, 4.69) is 4.72 Å². The lowest BCUT2D eigenvalue weighted by atomic mass is 10.4. The highest BCUT2D eigenvalue weighted by Gasteiger charge is 2.16. The highest BCUT2D eigenvalue weighted by atomic mass is 32.2. The zero-order chi connectivity index (χ0) is 11.5. The minimum atomic E-state index is -3.59. The van der Waals surface area contributed by atoms with Crippen LogP contribution in [0.5, 0.6) is 0 Å². The molecule has 1 unspecified atom stereocenters. The Bertz CT molecular complexity index is 416. The molecule has 0 heterocycles. The number of sulfonamides is 1. The lowest BCUT2D eigenvalue weighted by Crippen LogP contribution is -2.37. The SMILES string of the molecule is CC(CN)NS(=O)(=O)c1ccc(F)cc1. The molecule has 4 nitrogen and oxygen atoms in total. The summed E-state index contributed by atoms with van der Waals surface area (Å²) in [7, 11) is -3.59. The van der Waals surface area contributed by atoms with Gasteiger partial charge in [-0.25, -0.2) is 17.5 Å². The molecule has 84 valence electrons. The first-order valence-electron chi connectivity index (χ1n) is 4.43. The molecule has 0 radical (unpaired) electrons. The van der Waals surface area contributed by atoms with Gasteiger partial charge < -0.3 is 5.73 Å². The topological polar surface area (TPSA) is 72.2 Å². The second-order valence-electron chi connectivity index (χ2n) is 3.21. The molecule has 0 amide bonds. The largest absolute Gasteiger partial charge is 0.329 e. The number of hydrogen-bond acceptors (Lipinski definition) is 3. The molecule has 6 heteroatoms. The molecule has 0 bridgehead atoms. The van der Waals surface area contributed by atoms with Gasteiger partial charge in [0.25, 0.3) is 0 Å². The van der Waals surface area contributed by atoms with Crippen molar-refractivity contribution in [3.05, 3.63) is 30.1 Å². The summed E-state index contributed by atoms with van der Waals surface area (Å²) in [5.41, 5.74) is 5.29. The minimum Gasteiger partial charge on any atom is -0.329 e. The van der Waals surface area contributed by atoms with Gasteiger partial charge in [-0.1, -0.05) is 0 Å². The van der Waals surface area contributed by atoms with E-state index in [0.717, 1.165) is 12.1 Å². The van der Waals surface area contributed by atoms with E-state index in [9.17, 15) is 12.8 Å². The molecule has 0 aliphatic carbocycles. The van der Waals surface area contributed by atoms with Crippen LogP contribution >= 0.6 is 0 Å². The predicted molar refractivity (Wildman–Crippen MR) is 55.2 cm³/mol. The van der Waals surface area contributed by atoms with Crippen molar-refractivity contribution in [3.63, 3.8) is 0 Å². The average Bonchev–Trinajstić information content (AvgIpc) is 2.17. The first kappa shape index (κ1) is 12.1. The van der Waals surface area contributed by atoms with E-state index in [0.29, 0.717) is 0 Å². The second kappa shape index (κ2) is 4.69. The second-order valence-corrected chi connectivity index (χ2v) is 4.93. The van der Waals surface area contributed by atoms with Gasteiger partial charge in [0, 0.05) is 12.6 Å². The van der Waals surface area contributed by atoms with Crippen LogP contribution in [0.1, 0.15) is 6.92 Å². The Kier molecular flexibility index (Phi) is 3.78. The highest BCUT2D eigenvalue weighted by Crippen LogP contribution is 2.09. The van der Waals surface area contributed by atoms with Gasteiger partial charge in [-0.2, -0.15) is 0 Å². The number of hydrogen-bond donors (Lipinski definition) is 2. The molecule has 0 saturated carbocycles. The summed E-state index contributed by atoms with van der Waals surface area (Å²) in [5, 5.41) is 0. The Hall–Kier alpha value is -0.980. The number of rotatable bonds is 4. The van der Waals surface area contributed by atoms with Crippen molar-refractivity contribution in [1.29, 1.82) is 0 Å². The number of benzene rings is 1. The monoisotopic (exact) mass is 232 g/mol. The summed E-state index contributed by atoms with van der Waals surface area (Å²) in [5.74, 6) is -0.471. The van der Waals surface area contributed by atoms with E-state index >= 15 is 0 Å². The van der Waals surface area contributed by atoms with Crippen molar-refractivity contribution >= 4 is 10.0 Å². The van der Waals surface area contributed by atoms with Gasteiger partial charge in [0.2, 0.25) is 10.0 Å². The van der Waals surface area contributed by atoms with Gasteiger partial charge >= 0.3 is 0 Å². The van der Waals surface area contributed by atoms with Crippen LogP contribution < -0.4 is 10.5 Å². The summed E-state index contributed by atoms with van der Waals surface area (Å²) in [4.78, 5) is 0.0317. The summed E-state index contributed by atoms with van der Waals surface area (Å²) in [6.45, 7) is 1.86. The van der Waals surface area contributed by atoms with Crippen LogP contribution in [0.3, 0.4) is 0 Å². The molecule has 0 spiro atoms. The van der Waals surface area contributed by atoms with Crippen LogP contribution in [0, 0.1) is 5.82 Å². The van der Waals surface area contributed by atoms with Gasteiger partial charge in [0.1, 0.15) is 5.82 Å². The van der Waals surface area contributed by atoms with Crippen molar-refractivity contribution < 1.29 is 12.8 Å². The lowest BCUT2D eigenvalue weighted by Gasteiger charge is -2.11. The molecule has 1 aromatic rings. The Morgan fingerprint density at radius 1 is 1.40 bits per heavy atom. The fourth-order valence-corrected chi connectivity index (χ4v) is 2.25. The first-order valence-corrected chi connectivity index (χ1v) is 5.92. The van der Waals surface area contributed by atoms with Crippen molar-refractivity contribution in [2.45, 2.75) is 17.9 Å². The van der Waals surface area contributed by atoms with E-state index in [1.807, 2.05) is 0 Å². The molecule has 0 fully saturated rings. The Labute approximate surface area is 88.3 Å². The number of halogens is 1. The maximum absolute atomic E-state index is 12.6. The van der Waals surface area contributed by atoms with E-state index in [4.69, 9.17) is 5.73 Å². The molecule has 0 aliphatic rings. The standard InChI is InChI=1S/C9H13FN2O2S/c1-7(6-11)12-15(13,14)9-4-2-8(10)3-5-9/h2-5,7,12H,6,11H2,1H3. The van der Waals surface area contributed by atoms with E-state index in [1.54, 1.807) is 6.92 Å². The zero-order valence-electron chi connectivity index (χ0n) is 8.27. The third-order valence-electron chi connectivity index (χ3n) is 1.83. The fraction of sp³-hybridized carbons (Fsp3) is 0.333. The fourth-order valence-electron chi connectivity index (χ4n) is 0.995. The molecule has 0 aromatic heterocycles. The van der Waals surface area contributed by atoms with Gasteiger partial charge in [-0.05, 0) is 31.2 Å². The van der Waals surface area contributed by atoms with Crippen molar-refractivity contribution in [1.82, 2.24) is 4.72 Å². The quantitative estimate of drug-likeness (QED) is 0.791. The summed E-state index contributed by atoms with van der Waals surface area (Å²) >= 11 is 0. The van der Waals surface area contributed by atoms with Crippen LogP contribution in [0.4, 0.5) is 4.39 Å². The van der Waals surface area contributed by atoms with Crippen LogP contribution in [0.2, 0.25) is 0 Å².